The Hall–Kier alpha value is -3.10. The highest BCUT2D eigenvalue weighted by molar-refractivity contribution is 6.30. The summed E-state index contributed by atoms with van der Waals surface area (Å²) in [5.74, 6) is -0.532. The van der Waals surface area contributed by atoms with Crippen molar-refractivity contribution in [2.75, 3.05) is 0 Å². The maximum atomic E-state index is 12.1. The molecule has 1 aromatic heterocycles. The first-order valence-electron chi connectivity index (χ1n) is 7.14. The Labute approximate surface area is 143 Å². The molecule has 24 heavy (non-hydrogen) atoms. The normalized spacial score (nSPS) is 10.2. The molecule has 0 bridgehead atoms. The second-order valence-electron chi connectivity index (χ2n) is 5.02. The van der Waals surface area contributed by atoms with Crippen LogP contribution in [0.1, 0.15) is 21.6 Å². The van der Waals surface area contributed by atoms with E-state index < -0.39 is 5.97 Å². The summed E-state index contributed by atoms with van der Waals surface area (Å²) in [5, 5.41) is 16.4. The lowest BCUT2D eigenvalue weighted by Gasteiger charge is -2.04. The Bertz CT molecular complexity index is 911. The average Bonchev–Trinajstić information content (AvgIpc) is 3.10. The third-order valence-electron chi connectivity index (χ3n) is 3.43. The van der Waals surface area contributed by atoms with Gasteiger partial charge in [-0.2, -0.15) is 10.4 Å². The van der Waals surface area contributed by atoms with Crippen molar-refractivity contribution in [2.24, 2.45) is 0 Å². The number of nitrogens with one attached hydrogen (secondary N) is 1. The Morgan fingerprint density at radius 1 is 1.21 bits per heavy atom. The van der Waals surface area contributed by atoms with Crippen LogP contribution in [0.25, 0.3) is 11.3 Å². The number of hydrogen-bond donors (Lipinski definition) is 1. The van der Waals surface area contributed by atoms with Crippen molar-refractivity contribution in [3.63, 3.8) is 0 Å². The minimum Gasteiger partial charge on any atom is -0.456 e. The van der Waals surface area contributed by atoms with Crippen LogP contribution in [-0.4, -0.2) is 16.2 Å². The molecule has 1 heterocycles. The SMILES string of the molecule is N#Cc1ccccc1COC(=O)c1cc(-c2ccc(Cl)cc2)n[nH]1. The van der Waals surface area contributed by atoms with Crippen molar-refractivity contribution < 1.29 is 9.53 Å². The van der Waals surface area contributed by atoms with Crippen LogP contribution in [0.15, 0.2) is 54.6 Å². The number of ether oxygens (including phenoxy) is 1. The summed E-state index contributed by atoms with van der Waals surface area (Å²) in [6.07, 6.45) is 0. The summed E-state index contributed by atoms with van der Waals surface area (Å²) in [6, 6.07) is 17.8. The maximum absolute atomic E-state index is 12.1. The molecule has 3 aromatic rings. The van der Waals surface area contributed by atoms with E-state index >= 15 is 0 Å². The minimum atomic E-state index is -0.532. The van der Waals surface area contributed by atoms with Crippen molar-refractivity contribution >= 4 is 17.6 Å². The van der Waals surface area contributed by atoms with E-state index in [1.165, 1.54) is 0 Å². The first kappa shape index (κ1) is 15.8. The van der Waals surface area contributed by atoms with Gasteiger partial charge in [0, 0.05) is 16.1 Å². The van der Waals surface area contributed by atoms with E-state index in [2.05, 4.69) is 16.3 Å². The predicted octanol–water partition coefficient (Wildman–Crippen LogP) is 3.96. The lowest BCUT2D eigenvalue weighted by Crippen LogP contribution is -2.06. The number of hydrogen-bond acceptors (Lipinski definition) is 4. The van der Waals surface area contributed by atoms with Gasteiger partial charge in [0.05, 0.1) is 17.3 Å². The van der Waals surface area contributed by atoms with E-state index in [1.54, 1.807) is 42.5 Å². The molecule has 0 fully saturated rings. The molecule has 0 atom stereocenters. The third kappa shape index (κ3) is 3.45. The fourth-order valence-corrected chi connectivity index (χ4v) is 2.30. The highest BCUT2D eigenvalue weighted by atomic mass is 35.5. The molecule has 0 saturated carbocycles. The van der Waals surface area contributed by atoms with Gasteiger partial charge in [-0.15, -0.1) is 0 Å². The monoisotopic (exact) mass is 337 g/mol. The molecule has 0 spiro atoms. The summed E-state index contributed by atoms with van der Waals surface area (Å²) in [6.45, 7) is 0.0257. The molecule has 0 amide bonds. The number of carbonyl (C=O) groups is 1. The Kier molecular flexibility index (Phi) is 4.59. The van der Waals surface area contributed by atoms with Crippen molar-refractivity contribution in [2.45, 2.75) is 6.61 Å². The van der Waals surface area contributed by atoms with Gasteiger partial charge >= 0.3 is 5.97 Å². The molecule has 0 aliphatic heterocycles. The first-order valence-corrected chi connectivity index (χ1v) is 7.51. The van der Waals surface area contributed by atoms with Crippen LogP contribution in [0.4, 0.5) is 0 Å². The molecular formula is C18H12ClN3O2. The zero-order chi connectivity index (χ0) is 16.9. The van der Waals surface area contributed by atoms with Crippen LogP contribution in [0.3, 0.4) is 0 Å². The summed E-state index contributed by atoms with van der Waals surface area (Å²) < 4.78 is 5.24. The van der Waals surface area contributed by atoms with Gasteiger partial charge in [-0.25, -0.2) is 4.79 Å². The average molecular weight is 338 g/mol. The summed E-state index contributed by atoms with van der Waals surface area (Å²) in [7, 11) is 0. The molecule has 2 aromatic carbocycles. The number of halogens is 1. The zero-order valence-electron chi connectivity index (χ0n) is 12.5. The fraction of sp³-hybridized carbons (Fsp3) is 0.0556. The highest BCUT2D eigenvalue weighted by Gasteiger charge is 2.13. The van der Waals surface area contributed by atoms with Crippen molar-refractivity contribution in [1.29, 1.82) is 5.26 Å². The third-order valence-corrected chi connectivity index (χ3v) is 3.69. The van der Waals surface area contributed by atoms with Gasteiger partial charge in [-0.1, -0.05) is 41.9 Å². The van der Waals surface area contributed by atoms with Gasteiger partial charge in [0.2, 0.25) is 0 Å². The number of aromatic amines is 1. The topological polar surface area (TPSA) is 78.8 Å². The number of nitriles is 1. The highest BCUT2D eigenvalue weighted by Crippen LogP contribution is 2.20. The first-order chi connectivity index (χ1) is 11.7. The summed E-state index contributed by atoms with van der Waals surface area (Å²) in [4.78, 5) is 12.1. The van der Waals surface area contributed by atoms with E-state index in [0.717, 1.165) is 5.56 Å². The largest absolute Gasteiger partial charge is 0.456 e. The number of carbonyl (C=O) groups excluding carboxylic acids is 1. The van der Waals surface area contributed by atoms with Gasteiger partial charge in [0.1, 0.15) is 12.3 Å². The van der Waals surface area contributed by atoms with Crippen LogP contribution < -0.4 is 0 Å². The van der Waals surface area contributed by atoms with Crippen LogP contribution in [0, 0.1) is 11.3 Å². The van der Waals surface area contributed by atoms with E-state index in [9.17, 15) is 4.79 Å². The Balaban J connectivity index is 1.70. The molecule has 3 rings (SSSR count). The fourth-order valence-electron chi connectivity index (χ4n) is 2.17. The number of aromatic nitrogens is 2. The minimum absolute atomic E-state index is 0.0257. The number of rotatable bonds is 4. The smallest absolute Gasteiger partial charge is 0.356 e. The van der Waals surface area contributed by atoms with Gasteiger partial charge in [-0.3, -0.25) is 5.10 Å². The molecule has 0 aliphatic rings. The zero-order valence-corrected chi connectivity index (χ0v) is 13.2. The summed E-state index contributed by atoms with van der Waals surface area (Å²) in [5.41, 5.74) is 2.84. The van der Waals surface area contributed by atoms with Crippen molar-refractivity contribution in [3.8, 4) is 17.3 Å². The molecule has 0 saturated heterocycles. The quantitative estimate of drug-likeness (QED) is 0.731. The van der Waals surface area contributed by atoms with Crippen molar-refractivity contribution in [3.05, 3.63) is 76.4 Å². The van der Waals surface area contributed by atoms with E-state index in [-0.39, 0.29) is 12.3 Å². The second-order valence-corrected chi connectivity index (χ2v) is 5.46. The van der Waals surface area contributed by atoms with Crippen LogP contribution >= 0.6 is 11.6 Å². The number of nitrogens with zero attached hydrogens (tertiary/aromatic N) is 2. The number of H-pyrrole nitrogens is 1. The van der Waals surface area contributed by atoms with Crippen LogP contribution in [-0.2, 0) is 11.3 Å². The molecule has 0 unspecified atom stereocenters. The molecule has 6 heteroatoms. The molecule has 0 aliphatic carbocycles. The van der Waals surface area contributed by atoms with Gasteiger partial charge in [-0.05, 0) is 24.3 Å². The molecular weight excluding hydrogens is 326 g/mol. The molecule has 118 valence electrons. The lowest BCUT2D eigenvalue weighted by atomic mass is 10.1. The standard InChI is InChI=1S/C18H12ClN3O2/c19-15-7-5-12(6-8-15)16-9-17(22-21-16)18(23)24-11-14-4-2-1-3-13(14)10-20/h1-9H,11H2,(H,21,22). The van der Waals surface area contributed by atoms with Crippen molar-refractivity contribution in [1.82, 2.24) is 10.2 Å². The molecule has 1 N–H and O–H groups in total. The second kappa shape index (κ2) is 6.99. The van der Waals surface area contributed by atoms with E-state index in [0.29, 0.717) is 21.8 Å². The Morgan fingerprint density at radius 2 is 1.96 bits per heavy atom. The van der Waals surface area contributed by atoms with E-state index in [4.69, 9.17) is 21.6 Å². The molecule has 5 nitrogen and oxygen atoms in total. The maximum Gasteiger partial charge on any atom is 0.356 e. The predicted molar refractivity (Wildman–Crippen MR) is 89.3 cm³/mol. The molecule has 0 radical (unpaired) electrons. The van der Waals surface area contributed by atoms with Gasteiger partial charge in [0.15, 0.2) is 0 Å². The van der Waals surface area contributed by atoms with Crippen LogP contribution in [0.5, 0.6) is 0 Å². The van der Waals surface area contributed by atoms with Gasteiger partial charge < -0.3 is 4.74 Å². The number of benzene rings is 2. The Morgan fingerprint density at radius 3 is 2.71 bits per heavy atom. The summed E-state index contributed by atoms with van der Waals surface area (Å²) >= 11 is 5.85. The number of esters is 1. The lowest BCUT2D eigenvalue weighted by molar-refractivity contribution is 0.0465. The van der Waals surface area contributed by atoms with Gasteiger partial charge in [0.25, 0.3) is 0 Å². The van der Waals surface area contributed by atoms with E-state index in [1.807, 2.05) is 12.1 Å². The van der Waals surface area contributed by atoms with Crippen LogP contribution in [0.2, 0.25) is 5.02 Å².